The molecule has 1 N–H and O–H groups in total. The van der Waals surface area contributed by atoms with E-state index < -0.39 is 6.04 Å². The Morgan fingerprint density at radius 3 is 2.33 bits per heavy atom. The number of ether oxygens (including phenoxy) is 1. The van der Waals surface area contributed by atoms with E-state index in [0.717, 1.165) is 21.2 Å². The van der Waals surface area contributed by atoms with Gasteiger partial charge in [-0.25, -0.2) is 0 Å². The number of rotatable bonds is 5. The quantitative estimate of drug-likeness (QED) is 0.783. The summed E-state index contributed by atoms with van der Waals surface area (Å²) in [5.74, 6) is -0.585. The van der Waals surface area contributed by atoms with Gasteiger partial charge in [0.25, 0.3) is 5.91 Å². The van der Waals surface area contributed by atoms with Gasteiger partial charge in [-0.1, -0.05) is 34.1 Å². The Labute approximate surface area is 150 Å². The molecule has 0 aliphatic carbocycles. The van der Waals surface area contributed by atoms with Gasteiger partial charge in [-0.3, -0.25) is 9.59 Å². The molecule has 0 aliphatic heterocycles. The van der Waals surface area contributed by atoms with E-state index in [-0.39, 0.29) is 18.3 Å². The molecular formula is C19H20BrNO3. The average molecular weight is 390 g/mol. The van der Waals surface area contributed by atoms with E-state index in [2.05, 4.69) is 21.2 Å². The Bertz CT molecular complexity index is 741. The van der Waals surface area contributed by atoms with Crippen molar-refractivity contribution in [1.82, 2.24) is 5.32 Å². The second-order valence-electron chi connectivity index (χ2n) is 5.66. The van der Waals surface area contributed by atoms with Crippen molar-refractivity contribution >= 4 is 27.8 Å². The van der Waals surface area contributed by atoms with Gasteiger partial charge in [-0.2, -0.15) is 0 Å². The molecule has 2 rings (SSSR count). The molecule has 0 radical (unpaired) electrons. The lowest BCUT2D eigenvalue weighted by molar-refractivity contribution is -0.141. The lowest BCUT2D eigenvalue weighted by Crippen LogP contribution is -2.30. The van der Waals surface area contributed by atoms with Crippen LogP contribution in [0.15, 0.2) is 46.9 Å². The minimum Gasteiger partial charge on any atom is -0.469 e. The Balaban J connectivity index is 2.23. The standard InChI is InChI=1S/C19H20BrNO3/c1-12-4-5-15(10-13(12)2)19(23)21-17(11-18(22)24-3)14-6-8-16(20)9-7-14/h4-10,17H,11H2,1-3H3,(H,21,23). The van der Waals surface area contributed by atoms with E-state index in [4.69, 9.17) is 4.74 Å². The summed E-state index contributed by atoms with van der Waals surface area (Å²) in [7, 11) is 1.34. The number of carbonyl (C=O) groups excluding carboxylic acids is 2. The lowest BCUT2D eigenvalue weighted by atomic mass is 10.0. The first-order valence-corrected chi connectivity index (χ1v) is 8.40. The molecule has 0 fully saturated rings. The van der Waals surface area contributed by atoms with Crippen LogP contribution in [0.25, 0.3) is 0 Å². The summed E-state index contributed by atoms with van der Waals surface area (Å²) in [5, 5.41) is 2.93. The number of esters is 1. The van der Waals surface area contributed by atoms with Gasteiger partial charge >= 0.3 is 5.97 Å². The highest BCUT2D eigenvalue weighted by Crippen LogP contribution is 2.21. The van der Waals surface area contributed by atoms with Gasteiger partial charge in [0.15, 0.2) is 0 Å². The SMILES string of the molecule is COC(=O)CC(NC(=O)c1ccc(C)c(C)c1)c1ccc(Br)cc1. The minimum atomic E-state index is -0.445. The number of benzene rings is 2. The predicted molar refractivity (Wildman–Crippen MR) is 96.9 cm³/mol. The molecular weight excluding hydrogens is 370 g/mol. The van der Waals surface area contributed by atoms with Crippen LogP contribution in [-0.2, 0) is 9.53 Å². The van der Waals surface area contributed by atoms with E-state index >= 15 is 0 Å². The van der Waals surface area contributed by atoms with Gasteiger partial charge in [-0.05, 0) is 54.8 Å². The maximum Gasteiger partial charge on any atom is 0.307 e. The third kappa shape index (κ3) is 4.68. The highest BCUT2D eigenvalue weighted by atomic mass is 79.9. The van der Waals surface area contributed by atoms with Gasteiger partial charge < -0.3 is 10.1 Å². The molecule has 24 heavy (non-hydrogen) atoms. The zero-order valence-corrected chi connectivity index (χ0v) is 15.5. The largest absolute Gasteiger partial charge is 0.469 e. The summed E-state index contributed by atoms with van der Waals surface area (Å²) in [6, 6.07) is 12.6. The first-order valence-electron chi connectivity index (χ1n) is 7.61. The smallest absolute Gasteiger partial charge is 0.307 e. The van der Waals surface area contributed by atoms with Crippen molar-refractivity contribution in [2.45, 2.75) is 26.3 Å². The Morgan fingerprint density at radius 2 is 1.75 bits per heavy atom. The normalized spacial score (nSPS) is 11.7. The fourth-order valence-electron chi connectivity index (χ4n) is 2.32. The number of nitrogens with one attached hydrogen (secondary N) is 1. The van der Waals surface area contributed by atoms with Crippen molar-refractivity contribution in [3.8, 4) is 0 Å². The van der Waals surface area contributed by atoms with Gasteiger partial charge in [0.1, 0.15) is 0 Å². The molecule has 0 aliphatic rings. The molecule has 0 bridgehead atoms. The van der Waals surface area contributed by atoms with Gasteiger partial charge in [0, 0.05) is 10.0 Å². The van der Waals surface area contributed by atoms with Crippen molar-refractivity contribution in [3.05, 3.63) is 69.2 Å². The maximum atomic E-state index is 12.6. The summed E-state index contributed by atoms with van der Waals surface area (Å²) >= 11 is 3.38. The molecule has 0 saturated heterocycles. The fourth-order valence-corrected chi connectivity index (χ4v) is 2.59. The molecule has 1 unspecified atom stereocenters. The van der Waals surface area contributed by atoms with Crippen molar-refractivity contribution in [3.63, 3.8) is 0 Å². The average Bonchev–Trinajstić information content (AvgIpc) is 2.57. The topological polar surface area (TPSA) is 55.4 Å². The zero-order valence-electron chi connectivity index (χ0n) is 13.9. The monoisotopic (exact) mass is 389 g/mol. The molecule has 0 aromatic heterocycles. The minimum absolute atomic E-state index is 0.0781. The first-order chi connectivity index (χ1) is 11.4. The van der Waals surface area contributed by atoms with Crippen LogP contribution in [0.4, 0.5) is 0 Å². The van der Waals surface area contributed by atoms with Crippen LogP contribution in [0.5, 0.6) is 0 Å². The number of hydrogen-bond acceptors (Lipinski definition) is 3. The number of methoxy groups -OCH3 is 1. The van der Waals surface area contributed by atoms with E-state index in [1.165, 1.54) is 7.11 Å². The van der Waals surface area contributed by atoms with E-state index in [1.807, 2.05) is 50.2 Å². The molecule has 0 heterocycles. The van der Waals surface area contributed by atoms with E-state index in [1.54, 1.807) is 6.07 Å². The van der Waals surface area contributed by atoms with Gasteiger partial charge in [0.2, 0.25) is 0 Å². The van der Waals surface area contributed by atoms with Crippen molar-refractivity contribution in [2.24, 2.45) is 0 Å². The van der Waals surface area contributed by atoms with Crippen LogP contribution >= 0.6 is 15.9 Å². The van der Waals surface area contributed by atoms with Crippen LogP contribution in [0, 0.1) is 13.8 Å². The summed E-state index contributed by atoms with van der Waals surface area (Å²) in [6.07, 6.45) is 0.0781. The maximum absolute atomic E-state index is 12.6. The summed E-state index contributed by atoms with van der Waals surface area (Å²) < 4.78 is 5.68. The molecule has 1 amide bonds. The molecule has 2 aromatic carbocycles. The number of halogens is 1. The Morgan fingerprint density at radius 1 is 1.08 bits per heavy atom. The lowest BCUT2D eigenvalue weighted by Gasteiger charge is -2.19. The second kappa shape index (κ2) is 8.11. The highest BCUT2D eigenvalue weighted by molar-refractivity contribution is 9.10. The number of amides is 1. The Kier molecular flexibility index (Phi) is 6.15. The van der Waals surface area contributed by atoms with E-state index in [9.17, 15) is 9.59 Å². The zero-order chi connectivity index (χ0) is 17.7. The second-order valence-corrected chi connectivity index (χ2v) is 6.57. The number of carbonyl (C=O) groups is 2. The van der Waals surface area contributed by atoms with E-state index in [0.29, 0.717) is 5.56 Å². The van der Waals surface area contributed by atoms with Crippen molar-refractivity contribution in [1.29, 1.82) is 0 Å². The molecule has 0 spiro atoms. The molecule has 1 atom stereocenters. The number of aryl methyl sites for hydroxylation is 2. The number of hydrogen-bond donors (Lipinski definition) is 1. The van der Waals surface area contributed by atoms with Crippen LogP contribution in [0.3, 0.4) is 0 Å². The van der Waals surface area contributed by atoms with Gasteiger partial charge in [-0.15, -0.1) is 0 Å². The molecule has 2 aromatic rings. The van der Waals surface area contributed by atoms with Crippen LogP contribution in [0.2, 0.25) is 0 Å². The summed E-state index contributed by atoms with van der Waals surface area (Å²) in [5.41, 5.74) is 3.60. The summed E-state index contributed by atoms with van der Waals surface area (Å²) in [6.45, 7) is 3.96. The van der Waals surface area contributed by atoms with Crippen LogP contribution in [-0.4, -0.2) is 19.0 Å². The predicted octanol–water partition coefficient (Wildman–Crippen LogP) is 4.10. The molecule has 0 saturated carbocycles. The van der Waals surface area contributed by atoms with Gasteiger partial charge in [0.05, 0.1) is 19.6 Å². The van der Waals surface area contributed by atoms with Crippen molar-refractivity contribution < 1.29 is 14.3 Å². The Hall–Kier alpha value is -2.14. The third-order valence-electron chi connectivity index (χ3n) is 3.95. The molecule has 4 nitrogen and oxygen atoms in total. The van der Waals surface area contributed by atoms with Crippen LogP contribution < -0.4 is 5.32 Å². The molecule has 5 heteroatoms. The highest BCUT2D eigenvalue weighted by Gasteiger charge is 2.20. The summed E-state index contributed by atoms with van der Waals surface area (Å²) in [4.78, 5) is 24.3. The fraction of sp³-hybridized carbons (Fsp3) is 0.263. The third-order valence-corrected chi connectivity index (χ3v) is 4.47. The molecule has 126 valence electrons. The van der Waals surface area contributed by atoms with Crippen molar-refractivity contribution in [2.75, 3.05) is 7.11 Å². The first kappa shape index (κ1) is 18.2. The van der Waals surface area contributed by atoms with Crippen LogP contribution in [0.1, 0.15) is 39.5 Å².